The first-order valence-electron chi connectivity index (χ1n) is 7.20. The number of hydrogen-bond acceptors (Lipinski definition) is 5. The van der Waals surface area contributed by atoms with Gasteiger partial charge in [-0.25, -0.2) is 0 Å². The fourth-order valence-electron chi connectivity index (χ4n) is 2.82. The number of rotatable bonds is 4. The average molecular weight is 320 g/mol. The molecule has 2 atom stereocenters. The molecule has 2 saturated heterocycles. The van der Waals surface area contributed by atoms with Gasteiger partial charge in [0.15, 0.2) is 0 Å². The zero-order valence-electron chi connectivity index (χ0n) is 12.6. The number of nitrogens with two attached hydrogens (primary N) is 1. The number of ether oxygens (including phenoxy) is 1. The molecule has 2 rings (SSSR count). The number of hydrogen-bond donors (Lipinski definition) is 1. The second-order valence-electron chi connectivity index (χ2n) is 5.72. The fraction of sp³-hybridized carbons (Fsp3) is 0.917. The predicted octanol–water partition coefficient (Wildman–Crippen LogP) is -1.56. The summed E-state index contributed by atoms with van der Waals surface area (Å²) >= 11 is 0. The molecule has 21 heavy (non-hydrogen) atoms. The van der Waals surface area contributed by atoms with Gasteiger partial charge in [-0.2, -0.15) is 17.0 Å². The highest BCUT2D eigenvalue weighted by molar-refractivity contribution is 7.86. The first-order chi connectivity index (χ1) is 9.79. The maximum atomic E-state index is 12.6. The molecular formula is C12H24N4O4S. The predicted molar refractivity (Wildman–Crippen MR) is 77.7 cm³/mol. The van der Waals surface area contributed by atoms with Crippen LogP contribution in [0, 0.1) is 0 Å². The normalized spacial score (nSPS) is 30.4. The van der Waals surface area contributed by atoms with Crippen molar-refractivity contribution in [1.29, 1.82) is 0 Å². The molecule has 0 bridgehead atoms. The standard InChI is InChI=1S/C12H24N4O4S/c1-10-7-16(8-11(2)20-10)21(18,19)15-5-3-14(4-6-15)9-12(13)17/h10-11H,3-9H2,1-2H3,(H2,13,17). The summed E-state index contributed by atoms with van der Waals surface area (Å²) in [4.78, 5) is 12.8. The molecule has 0 saturated carbocycles. The number of piperazine rings is 1. The zero-order valence-corrected chi connectivity index (χ0v) is 13.4. The van der Waals surface area contributed by atoms with Gasteiger partial charge in [-0.05, 0) is 13.8 Å². The van der Waals surface area contributed by atoms with E-state index in [4.69, 9.17) is 10.5 Å². The van der Waals surface area contributed by atoms with E-state index in [9.17, 15) is 13.2 Å². The van der Waals surface area contributed by atoms with Crippen molar-refractivity contribution in [2.24, 2.45) is 5.73 Å². The lowest BCUT2D eigenvalue weighted by Gasteiger charge is -2.40. The van der Waals surface area contributed by atoms with Crippen molar-refractivity contribution in [3.8, 4) is 0 Å². The first kappa shape index (κ1) is 16.6. The number of carbonyl (C=O) groups is 1. The summed E-state index contributed by atoms with van der Waals surface area (Å²) in [7, 11) is -3.46. The van der Waals surface area contributed by atoms with Crippen molar-refractivity contribution in [3.05, 3.63) is 0 Å². The Morgan fingerprint density at radius 1 is 1.10 bits per heavy atom. The summed E-state index contributed by atoms with van der Waals surface area (Å²) in [6, 6.07) is 0. The molecule has 2 heterocycles. The van der Waals surface area contributed by atoms with Crippen LogP contribution in [-0.2, 0) is 19.7 Å². The second-order valence-corrected chi connectivity index (χ2v) is 7.65. The van der Waals surface area contributed by atoms with Crippen molar-refractivity contribution < 1.29 is 17.9 Å². The van der Waals surface area contributed by atoms with Crippen LogP contribution in [0.2, 0.25) is 0 Å². The molecular weight excluding hydrogens is 296 g/mol. The molecule has 0 aromatic rings. The average Bonchev–Trinajstić information content (AvgIpc) is 2.37. The quantitative estimate of drug-likeness (QED) is 0.676. The Hall–Kier alpha value is -0.740. The number of amides is 1. The van der Waals surface area contributed by atoms with Gasteiger partial charge in [0.2, 0.25) is 5.91 Å². The van der Waals surface area contributed by atoms with Gasteiger partial charge in [-0.15, -0.1) is 0 Å². The number of carbonyl (C=O) groups excluding carboxylic acids is 1. The van der Waals surface area contributed by atoms with Gasteiger partial charge >= 0.3 is 0 Å². The highest BCUT2D eigenvalue weighted by Gasteiger charge is 2.36. The van der Waals surface area contributed by atoms with Crippen LogP contribution in [0.25, 0.3) is 0 Å². The Morgan fingerprint density at radius 3 is 2.10 bits per heavy atom. The smallest absolute Gasteiger partial charge is 0.282 e. The van der Waals surface area contributed by atoms with E-state index in [0.717, 1.165) is 0 Å². The van der Waals surface area contributed by atoms with Crippen LogP contribution in [0.5, 0.6) is 0 Å². The maximum absolute atomic E-state index is 12.6. The zero-order chi connectivity index (χ0) is 15.6. The van der Waals surface area contributed by atoms with E-state index < -0.39 is 10.2 Å². The van der Waals surface area contributed by atoms with E-state index in [0.29, 0.717) is 39.3 Å². The third-order valence-corrected chi connectivity index (χ3v) is 5.72. The van der Waals surface area contributed by atoms with Crippen molar-refractivity contribution in [3.63, 3.8) is 0 Å². The molecule has 1 amide bonds. The van der Waals surface area contributed by atoms with Gasteiger partial charge in [-0.3, -0.25) is 9.69 Å². The molecule has 122 valence electrons. The SMILES string of the molecule is CC1CN(S(=O)(=O)N2CCN(CC(N)=O)CC2)CC(C)O1. The van der Waals surface area contributed by atoms with Crippen LogP contribution >= 0.6 is 0 Å². The molecule has 8 nitrogen and oxygen atoms in total. The van der Waals surface area contributed by atoms with Gasteiger partial charge in [0, 0.05) is 39.3 Å². The molecule has 2 aliphatic heterocycles. The maximum Gasteiger partial charge on any atom is 0.282 e. The van der Waals surface area contributed by atoms with Crippen LogP contribution in [-0.4, -0.2) is 85.9 Å². The molecule has 0 radical (unpaired) electrons. The number of morpholine rings is 1. The van der Waals surface area contributed by atoms with Gasteiger partial charge < -0.3 is 10.5 Å². The minimum absolute atomic E-state index is 0.0975. The Morgan fingerprint density at radius 2 is 1.62 bits per heavy atom. The molecule has 0 aliphatic carbocycles. The highest BCUT2D eigenvalue weighted by Crippen LogP contribution is 2.18. The van der Waals surface area contributed by atoms with Crippen molar-refractivity contribution in [2.75, 3.05) is 45.8 Å². The molecule has 2 unspecified atom stereocenters. The Labute approximate surface area is 126 Å². The van der Waals surface area contributed by atoms with Crippen LogP contribution in [0.15, 0.2) is 0 Å². The summed E-state index contributed by atoms with van der Waals surface area (Å²) in [6.07, 6.45) is -0.195. The molecule has 0 aromatic carbocycles. The fourth-order valence-corrected chi connectivity index (χ4v) is 4.57. The Kier molecular flexibility index (Phi) is 5.20. The minimum Gasteiger partial charge on any atom is -0.373 e. The third-order valence-electron chi connectivity index (χ3n) is 3.75. The third kappa shape index (κ3) is 4.13. The van der Waals surface area contributed by atoms with Gasteiger partial charge in [-0.1, -0.05) is 0 Å². The van der Waals surface area contributed by atoms with Crippen molar-refractivity contribution in [2.45, 2.75) is 26.1 Å². The van der Waals surface area contributed by atoms with Gasteiger partial charge in [0.25, 0.3) is 10.2 Å². The summed E-state index contributed by atoms with van der Waals surface area (Å²) in [5.41, 5.74) is 5.16. The summed E-state index contributed by atoms with van der Waals surface area (Å²) in [5, 5.41) is 0. The summed E-state index contributed by atoms with van der Waals surface area (Å²) in [5.74, 6) is -0.387. The minimum atomic E-state index is -3.46. The van der Waals surface area contributed by atoms with E-state index >= 15 is 0 Å². The largest absolute Gasteiger partial charge is 0.373 e. The lowest BCUT2D eigenvalue weighted by molar-refractivity contribution is -0.119. The Bertz CT molecular complexity index is 466. The van der Waals surface area contributed by atoms with E-state index in [1.54, 1.807) is 0 Å². The summed E-state index contributed by atoms with van der Waals surface area (Å²) < 4.78 is 33.8. The van der Waals surface area contributed by atoms with Crippen LogP contribution in [0.3, 0.4) is 0 Å². The monoisotopic (exact) mass is 320 g/mol. The molecule has 2 aliphatic rings. The lowest BCUT2D eigenvalue weighted by Crippen LogP contribution is -2.57. The van der Waals surface area contributed by atoms with E-state index in [1.807, 2.05) is 18.7 Å². The van der Waals surface area contributed by atoms with Crippen LogP contribution in [0.1, 0.15) is 13.8 Å². The van der Waals surface area contributed by atoms with Crippen molar-refractivity contribution in [1.82, 2.24) is 13.5 Å². The number of nitrogens with zero attached hydrogens (tertiary/aromatic N) is 3. The van der Waals surface area contributed by atoms with Crippen LogP contribution in [0.4, 0.5) is 0 Å². The molecule has 2 N–H and O–H groups in total. The van der Waals surface area contributed by atoms with E-state index in [2.05, 4.69) is 0 Å². The van der Waals surface area contributed by atoms with Crippen LogP contribution < -0.4 is 5.73 Å². The van der Waals surface area contributed by atoms with Crippen molar-refractivity contribution >= 4 is 16.1 Å². The second kappa shape index (κ2) is 6.57. The summed E-state index contributed by atoms with van der Waals surface area (Å²) in [6.45, 7) is 6.52. The molecule has 9 heteroatoms. The molecule has 2 fully saturated rings. The van der Waals surface area contributed by atoms with E-state index in [1.165, 1.54) is 8.61 Å². The van der Waals surface area contributed by atoms with Gasteiger partial charge in [0.05, 0.1) is 18.8 Å². The molecule has 0 aromatic heterocycles. The Balaban J connectivity index is 1.96. The topological polar surface area (TPSA) is 96.2 Å². The molecule has 0 spiro atoms. The first-order valence-corrected chi connectivity index (χ1v) is 8.60. The van der Waals surface area contributed by atoms with Gasteiger partial charge in [0.1, 0.15) is 0 Å². The van der Waals surface area contributed by atoms with E-state index in [-0.39, 0.29) is 24.7 Å². The number of primary amides is 1. The lowest BCUT2D eigenvalue weighted by atomic mass is 10.3. The highest BCUT2D eigenvalue weighted by atomic mass is 32.2.